The third-order valence-electron chi connectivity index (χ3n) is 6.95. The molecular weight excluding hydrogens is 442 g/mol. The second kappa shape index (κ2) is 17.0. The van der Waals surface area contributed by atoms with E-state index < -0.39 is 17.9 Å². The van der Waals surface area contributed by atoms with Gasteiger partial charge in [0.1, 0.15) is 11.8 Å². The molecule has 0 heterocycles. The maximum Gasteiger partial charge on any atom is 0.243 e. The molecule has 0 aliphatic heterocycles. The smallest absolute Gasteiger partial charge is 0.243 e. The van der Waals surface area contributed by atoms with E-state index in [1.54, 1.807) is 24.3 Å². The number of carbonyl (C=O) groups is 3. The van der Waals surface area contributed by atoms with Crippen molar-refractivity contribution in [2.45, 2.75) is 109 Å². The number of unbranched alkanes of at least 4 members (excludes halogenated alkanes) is 7. The van der Waals surface area contributed by atoms with Crippen molar-refractivity contribution in [2.24, 2.45) is 11.7 Å². The van der Waals surface area contributed by atoms with E-state index >= 15 is 0 Å². The van der Waals surface area contributed by atoms with Crippen LogP contribution in [-0.2, 0) is 20.8 Å². The number of hydrogen-bond acceptors (Lipinski definition) is 4. The topological polar surface area (TPSA) is 122 Å². The summed E-state index contributed by atoms with van der Waals surface area (Å²) in [5, 5.41) is 14.8. The number of phenols is 1. The molecule has 0 aromatic heterocycles. The van der Waals surface area contributed by atoms with Gasteiger partial charge in [0.25, 0.3) is 0 Å². The van der Waals surface area contributed by atoms with E-state index in [1.165, 1.54) is 64.2 Å². The zero-order chi connectivity index (χ0) is 25.3. The number of hydrogen-bond donors (Lipinski definition) is 4. The van der Waals surface area contributed by atoms with Crippen LogP contribution in [0.3, 0.4) is 0 Å². The van der Waals surface area contributed by atoms with Gasteiger partial charge in [0, 0.05) is 13.0 Å². The molecule has 1 aliphatic rings. The van der Waals surface area contributed by atoms with Crippen molar-refractivity contribution in [3.63, 3.8) is 0 Å². The van der Waals surface area contributed by atoms with E-state index in [0.29, 0.717) is 19.4 Å². The Balaban J connectivity index is 1.53. The van der Waals surface area contributed by atoms with Crippen molar-refractivity contribution in [2.75, 3.05) is 6.54 Å². The summed E-state index contributed by atoms with van der Waals surface area (Å²) in [7, 11) is 0. The van der Waals surface area contributed by atoms with Crippen LogP contribution in [-0.4, -0.2) is 35.4 Å². The summed E-state index contributed by atoms with van der Waals surface area (Å²) in [6, 6.07) is 5.78. The highest BCUT2D eigenvalue weighted by atomic mass is 16.3. The Bertz CT molecular complexity index is 760. The van der Waals surface area contributed by atoms with Gasteiger partial charge in [-0.25, -0.2) is 0 Å². The molecule has 1 aromatic carbocycles. The summed E-state index contributed by atoms with van der Waals surface area (Å²) < 4.78 is 0. The van der Waals surface area contributed by atoms with Crippen LogP contribution in [0.25, 0.3) is 0 Å². The molecular formula is C28H45N3O4. The normalized spacial score (nSPS) is 14.5. The fourth-order valence-corrected chi connectivity index (χ4v) is 4.87. The molecule has 7 heteroatoms. The molecule has 0 bridgehead atoms. The molecule has 1 saturated carbocycles. The Morgan fingerprint density at radius 2 is 1.51 bits per heavy atom. The van der Waals surface area contributed by atoms with Crippen LogP contribution in [0, 0.1) is 5.92 Å². The zero-order valence-corrected chi connectivity index (χ0v) is 21.2. The highest BCUT2D eigenvalue weighted by molar-refractivity contribution is 5.91. The van der Waals surface area contributed by atoms with E-state index in [0.717, 1.165) is 30.7 Å². The van der Waals surface area contributed by atoms with Gasteiger partial charge in [0.15, 0.2) is 0 Å². The van der Waals surface area contributed by atoms with Crippen molar-refractivity contribution in [1.29, 1.82) is 0 Å². The van der Waals surface area contributed by atoms with Gasteiger partial charge < -0.3 is 21.5 Å². The Hall–Kier alpha value is -2.57. The number of rotatable bonds is 18. The van der Waals surface area contributed by atoms with Crippen LogP contribution in [0.4, 0.5) is 0 Å². The Labute approximate surface area is 210 Å². The van der Waals surface area contributed by atoms with Crippen LogP contribution in [0.1, 0.15) is 102 Å². The van der Waals surface area contributed by atoms with Gasteiger partial charge in [-0.3, -0.25) is 14.4 Å². The standard InChI is InChI=1S/C28H45N3O4/c29-26(33)21-25(28(35)30-20-19-23-15-17-24(32)18-16-23)31-27(34)14-8-6-4-2-1-3-5-7-11-22-12-9-10-13-22/h15-18,22,25,32H,1-14,19-21H2,(H2,29,33)(H,30,35)(H,31,34)/t25-/m1/s1. The number of benzene rings is 1. The predicted octanol–water partition coefficient (Wildman–Crippen LogP) is 4.50. The monoisotopic (exact) mass is 487 g/mol. The average Bonchev–Trinajstić information content (AvgIpc) is 3.34. The highest BCUT2D eigenvalue weighted by Gasteiger charge is 2.22. The van der Waals surface area contributed by atoms with Crippen LogP contribution in [0.5, 0.6) is 5.75 Å². The summed E-state index contributed by atoms with van der Waals surface area (Å²) in [5.41, 5.74) is 6.24. The minimum absolute atomic E-state index is 0.187. The van der Waals surface area contributed by atoms with Crippen LogP contribution in [0.15, 0.2) is 24.3 Å². The number of aromatic hydroxyl groups is 1. The van der Waals surface area contributed by atoms with Crippen molar-refractivity contribution in [3.8, 4) is 5.75 Å². The van der Waals surface area contributed by atoms with Gasteiger partial charge >= 0.3 is 0 Å². The lowest BCUT2D eigenvalue weighted by Crippen LogP contribution is -2.48. The number of amides is 3. The number of carbonyl (C=O) groups excluding carboxylic acids is 3. The van der Waals surface area contributed by atoms with Crippen molar-refractivity contribution in [3.05, 3.63) is 29.8 Å². The van der Waals surface area contributed by atoms with E-state index in [1.807, 2.05) is 0 Å². The summed E-state index contributed by atoms with van der Waals surface area (Å²) in [5.74, 6) is -0.0833. The minimum Gasteiger partial charge on any atom is -0.508 e. The molecule has 1 fully saturated rings. The molecule has 0 radical (unpaired) electrons. The second-order valence-electron chi connectivity index (χ2n) is 10.0. The van der Waals surface area contributed by atoms with Gasteiger partial charge in [0.2, 0.25) is 17.7 Å². The van der Waals surface area contributed by atoms with Crippen LogP contribution in [0.2, 0.25) is 0 Å². The van der Waals surface area contributed by atoms with Gasteiger partial charge in [0.05, 0.1) is 6.42 Å². The Morgan fingerprint density at radius 1 is 0.914 bits per heavy atom. The van der Waals surface area contributed by atoms with E-state index in [4.69, 9.17) is 5.73 Å². The van der Waals surface area contributed by atoms with Crippen molar-refractivity contribution < 1.29 is 19.5 Å². The van der Waals surface area contributed by atoms with E-state index in [9.17, 15) is 19.5 Å². The quantitative estimate of drug-likeness (QED) is 0.228. The maximum atomic E-state index is 12.5. The Kier molecular flexibility index (Phi) is 13.9. The lowest BCUT2D eigenvalue weighted by Gasteiger charge is -2.17. The van der Waals surface area contributed by atoms with Gasteiger partial charge in [-0.15, -0.1) is 0 Å². The fraction of sp³-hybridized carbons (Fsp3) is 0.679. The first kappa shape index (κ1) is 28.7. The fourth-order valence-electron chi connectivity index (χ4n) is 4.87. The van der Waals surface area contributed by atoms with Crippen LogP contribution >= 0.6 is 0 Å². The lowest BCUT2D eigenvalue weighted by molar-refractivity contribution is -0.131. The number of phenolic OH excluding ortho intramolecular Hbond substituents is 1. The first-order chi connectivity index (χ1) is 16.9. The molecule has 5 N–H and O–H groups in total. The summed E-state index contributed by atoms with van der Waals surface area (Å²) in [4.78, 5) is 36.2. The Morgan fingerprint density at radius 3 is 2.14 bits per heavy atom. The SMILES string of the molecule is NC(=O)C[C@@H](NC(=O)CCCCCCCCCCC1CCCC1)C(=O)NCCc1ccc(O)cc1. The number of nitrogens with one attached hydrogen (secondary N) is 2. The number of primary amides is 1. The van der Waals surface area contributed by atoms with Crippen molar-refractivity contribution in [1.82, 2.24) is 10.6 Å². The maximum absolute atomic E-state index is 12.5. The third kappa shape index (κ3) is 13.2. The van der Waals surface area contributed by atoms with E-state index in [-0.39, 0.29) is 18.1 Å². The molecule has 2 rings (SSSR count). The summed E-state index contributed by atoms with van der Waals surface area (Å²) in [6.07, 6.45) is 17.3. The first-order valence-corrected chi connectivity index (χ1v) is 13.6. The van der Waals surface area contributed by atoms with Crippen molar-refractivity contribution >= 4 is 17.7 Å². The minimum atomic E-state index is -0.955. The second-order valence-corrected chi connectivity index (χ2v) is 10.0. The molecule has 1 atom stereocenters. The van der Waals surface area contributed by atoms with Crippen LogP contribution < -0.4 is 16.4 Å². The molecule has 35 heavy (non-hydrogen) atoms. The average molecular weight is 488 g/mol. The molecule has 0 spiro atoms. The molecule has 1 aliphatic carbocycles. The molecule has 196 valence electrons. The predicted molar refractivity (Wildman–Crippen MR) is 139 cm³/mol. The van der Waals surface area contributed by atoms with E-state index in [2.05, 4.69) is 10.6 Å². The summed E-state index contributed by atoms with van der Waals surface area (Å²) in [6.45, 7) is 0.356. The summed E-state index contributed by atoms with van der Waals surface area (Å²) >= 11 is 0. The van der Waals surface area contributed by atoms with Gasteiger partial charge in [-0.2, -0.15) is 0 Å². The lowest BCUT2D eigenvalue weighted by atomic mass is 9.99. The highest BCUT2D eigenvalue weighted by Crippen LogP contribution is 2.29. The molecule has 0 saturated heterocycles. The molecule has 1 aromatic rings. The number of nitrogens with two attached hydrogens (primary N) is 1. The molecule has 0 unspecified atom stereocenters. The van der Waals surface area contributed by atoms with Gasteiger partial charge in [-0.1, -0.05) is 89.2 Å². The molecule has 3 amide bonds. The van der Waals surface area contributed by atoms with Gasteiger partial charge in [-0.05, 0) is 36.5 Å². The largest absolute Gasteiger partial charge is 0.508 e. The molecule has 7 nitrogen and oxygen atoms in total. The zero-order valence-electron chi connectivity index (χ0n) is 21.2. The first-order valence-electron chi connectivity index (χ1n) is 13.6. The third-order valence-corrected chi connectivity index (χ3v) is 6.95.